The third kappa shape index (κ3) is 3.37. The number of rotatable bonds is 4. The lowest BCUT2D eigenvalue weighted by Crippen LogP contribution is -2.51. The van der Waals surface area contributed by atoms with Crippen molar-refractivity contribution in [3.63, 3.8) is 0 Å². The summed E-state index contributed by atoms with van der Waals surface area (Å²) in [6.45, 7) is 1.97. The van der Waals surface area contributed by atoms with Gasteiger partial charge in [0.2, 0.25) is 0 Å². The van der Waals surface area contributed by atoms with Crippen molar-refractivity contribution in [3.8, 4) is 11.8 Å². The minimum absolute atomic E-state index is 0.321. The van der Waals surface area contributed by atoms with E-state index in [1.807, 2.05) is 48.5 Å². The van der Waals surface area contributed by atoms with Crippen LogP contribution < -0.4 is 4.74 Å². The number of hydrogen-bond donors (Lipinski definition) is 0. The number of likely N-dealkylation sites (N-methyl/N-ethyl adjacent to an activating group) is 1. The molecule has 4 nitrogen and oxygen atoms in total. The third-order valence-electron chi connectivity index (χ3n) is 5.26. The highest BCUT2D eigenvalue weighted by molar-refractivity contribution is 5.70. The molecule has 1 fully saturated rings. The number of ether oxygens (including phenoxy) is 2. The predicted octanol–water partition coefficient (Wildman–Crippen LogP) is 3.62. The molecule has 2 atom stereocenters. The highest BCUT2D eigenvalue weighted by Crippen LogP contribution is 2.33. The summed E-state index contributed by atoms with van der Waals surface area (Å²) in [6, 6.07) is 18.9. The van der Waals surface area contributed by atoms with E-state index in [0.29, 0.717) is 30.0 Å². The van der Waals surface area contributed by atoms with Crippen LogP contribution >= 0.6 is 0 Å². The molecule has 2 aromatic rings. The Morgan fingerprint density at radius 3 is 2.81 bits per heavy atom. The number of hydrogen-bond acceptors (Lipinski definition) is 4. The largest absolute Gasteiger partial charge is 0.488 e. The molecule has 0 N–H and O–H groups in total. The van der Waals surface area contributed by atoms with E-state index in [1.165, 1.54) is 5.57 Å². The standard InChI is InChI=1S/C22H22N2O2/c1-24-20-9-19(10-21(24)15-25-14-20)17-7-8-18(12-23)22(11-17)26-13-16-5-3-2-4-6-16/h2-9,11,20-21H,10,13-15H2,1H3. The lowest BCUT2D eigenvalue weighted by atomic mass is 9.90. The molecular weight excluding hydrogens is 324 g/mol. The first-order valence-electron chi connectivity index (χ1n) is 8.96. The topological polar surface area (TPSA) is 45.5 Å². The molecule has 0 spiro atoms. The van der Waals surface area contributed by atoms with Gasteiger partial charge in [-0.25, -0.2) is 0 Å². The van der Waals surface area contributed by atoms with Gasteiger partial charge in [-0.1, -0.05) is 42.5 Å². The van der Waals surface area contributed by atoms with Gasteiger partial charge in [0.05, 0.1) is 24.8 Å². The molecule has 0 radical (unpaired) electrons. The van der Waals surface area contributed by atoms with Gasteiger partial charge in [0, 0.05) is 6.04 Å². The quantitative estimate of drug-likeness (QED) is 0.848. The van der Waals surface area contributed by atoms with Crippen LogP contribution in [0.25, 0.3) is 5.57 Å². The number of nitriles is 1. The van der Waals surface area contributed by atoms with Gasteiger partial charge in [0.25, 0.3) is 0 Å². The maximum Gasteiger partial charge on any atom is 0.138 e. The molecule has 2 heterocycles. The second-order valence-electron chi connectivity index (χ2n) is 6.92. The monoisotopic (exact) mass is 346 g/mol. The number of nitrogens with zero attached hydrogens (tertiary/aromatic N) is 2. The number of benzene rings is 2. The van der Waals surface area contributed by atoms with Gasteiger partial charge in [-0.3, -0.25) is 4.90 Å². The molecule has 2 aliphatic rings. The molecule has 0 aromatic heterocycles. The van der Waals surface area contributed by atoms with Crippen molar-refractivity contribution < 1.29 is 9.47 Å². The molecule has 2 bridgehead atoms. The Bertz CT molecular complexity index is 854. The van der Waals surface area contributed by atoms with Gasteiger partial charge in [-0.05, 0) is 42.3 Å². The highest BCUT2D eigenvalue weighted by atomic mass is 16.5. The maximum atomic E-state index is 9.42. The van der Waals surface area contributed by atoms with Crippen LogP contribution in [-0.4, -0.2) is 37.2 Å². The summed E-state index contributed by atoms with van der Waals surface area (Å²) in [5.41, 5.74) is 4.11. The first-order chi connectivity index (χ1) is 12.7. The molecule has 1 saturated heterocycles. The Hall–Kier alpha value is -2.61. The van der Waals surface area contributed by atoms with E-state index in [0.717, 1.165) is 30.8 Å². The molecule has 26 heavy (non-hydrogen) atoms. The zero-order chi connectivity index (χ0) is 17.9. The van der Waals surface area contributed by atoms with Crippen LogP contribution in [0.4, 0.5) is 0 Å². The Morgan fingerprint density at radius 1 is 1.19 bits per heavy atom. The molecule has 4 rings (SSSR count). The van der Waals surface area contributed by atoms with Gasteiger partial charge < -0.3 is 9.47 Å². The summed E-state index contributed by atoms with van der Waals surface area (Å²) in [4.78, 5) is 2.39. The average Bonchev–Trinajstić information content (AvgIpc) is 2.67. The predicted molar refractivity (Wildman–Crippen MR) is 101 cm³/mol. The van der Waals surface area contributed by atoms with Crippen molar-refractivity contribution in [1.82, 2.24) is 4.90 Å². The zero-order valence-electron chi connectivity index (χ0n) is 14.9. The molecule has 2 aromatic carbocycles. The van der Waals surface area contributed by atoms with Gasteiger partial charge in [0.15, 0.2) is 0 Å². The van der Waals surface area contributed by atoms with Crippen molar-refractivity contribution in [2.45, 2.75) is 25.1 Å². The van der Waals surface area contributed by atoms with E-state index in [9.17, 15) is 5.26 Å². The van der Waals surface area contributed by atoms with Crippen molar-refractivity contribution >= 4 is 5.57 Å². The maximum absolute atomic E-state index is 9.42. The summed E-state index contributed by atoms with van der Waals surface area (Å²) in [6.07, 6.45) is 3.25. The summed E-state index contributed by atoms with van der Waals surface area (Å²) in [7, 11) is 2.16. The van der Waals surface area contributed by atoms with Crippen molar-refractivity contribution in [1.29, 1.82) is 5.26 Å². The summed E-state index contributed by atoms with van der Waals surface area (Å²) < 4.78 is 11.7. The molecule has 0 amide bonds. The molecule has 2 aliphatic heterocycles. The lowest BCUT2D eigenvalue weighted by molar-refractivity contribution is -0.0221. The summed E-state index contributed by atoms with van der Waals surface area (Å²) >= 11 is 0. The third-order valence-corrected chi connectivity index (χ3v) is 5.26. The van der Waals surface area contributed by atoms with Crippen molar-refractivity contribution in [2.75, 3.05) is 20.3 Å². The minimum Gasteiger partial charge on any atom is -0.488 e. The van der Waals surface area contributed by atoms with Gasteiger partial charge in [-0.15, -0.1) is 0 Å². The summed E-state index contributed by atoms with van der Waals surface area (Å²) in [5.74, 6) is 0.648. The SMILES string of the molecule is CN1C2C=C(c3ccc(C#N)c(OCc4ccccc4)c3)CC1COC2. The van der Waals surface area contributed by atoms with E-state index in [4.69, 9.17) is 9.47 Å². The van der Waals surface area contributed by atoms with Crippen molar-refractivity contribution in [2.24, 2.45) is 0 Å². The highest BCUT2D eigenvalue weighted by Gasteiger charge is 2.32. The Morgan fingerprint density at radius 2 is 2.04 bits per heavy atom. The van der Waals surface area contributed by atoms with Gasteiger partial charge in [0.1, 0.15) is 18.4 Å². The van der Waals surface area contributed by atoms with E-state index in [1.54, 1.807) is 0 Å². The van der Waals surface area contributed by atoms with Gasteiger partial charge in [-0.2, -0.15) is 5.26 Å². The fraction of sp³-hybridized carbons (Fsp3) is 0.318. The average molecular weight is 346 g/mol. The van der Waals surface area contributed by atoms with Crippen LogP contribution in [0.15, 0.2) is 54.6 Å². The number of fused-ring (bicyclic) bond motifs is 2. The smallest absolute Gasteiger partial charge is 0.138 e. The van der Waals surface area contributed by atoms with Crippen molar-refractivity contribution in [3.05, 3.63) is 71.3 Å². The van der Waals surface area contributed by atoms with E-state index < -0.39 is 0 Å². The Kier molecular flexibility index (Phi) is 4.75. The van der Waals surface area contributed by atoms with Crippen LogP contribution in [0.5, 0.6) is 5.75 Å². The first kappa shape index (κ1) is 16.8. The lowest BCUT2D eigenvalue weighted by Gasteiger charge is -2.42. The van der Waals surface area contributed by atoms with Gasteiger partial charge >= 0.3 is 0 Å². The van der Waals surface area contributed by atoms with E-state index in [-0.39, 0.29) is 0 Å². The fourth-order valence-electron chi connectivity index (χ4n) is 3.64. The van der Waals surface area contributed by atoms with E-state index in [2.05, 4.69) is 24.1 Å². The molecule has 4 heteroatoms. The van der Waals surface area contributed by atoms with E-state index >= 15 is 0 Å². The Labute approximate surface area is 154 Å². The molecular formula is C22H22N2O2. The molecule has 0 aliphatic carbocycles. The van der Waals surface area contributed by atoms with Crippen LogP contribution in [0.1, 0.15) is 23.1 Å². The second kappa shape index (κ2) is 7.33. The second-order valence-corrected chi connectivity index (χ2v) is 6.92. The molecule has 0 saturated carbocycles. The van der Waals surface area contributed by atoms with Crippen LogP contribution in [0.2, 0.25) is 0 Å². The normalized spacial score (nSPS) is 22.4. The summed E-state index contributed by atoms with van der Waals surface area (Å²) in [5, 5.41) is 9.42. The Balaban J connectivity index is 1.59. The molecule has 2 unspecified atom stereocenters. The fourth-order valence-corrected chi connectivity index (χ4v) is 3.64. The minimum atomic E-state index is 0.321. The van der Waals surface area contributed by atoms with Crippen LogP contribution in [-0.2, 0) is 11.3 Å². The molecule has 132 valence electrons. The zero-order valence-corrected chi connectivity index (χ0v) is 14.9. The number of morpholine rings is 1. The van der Waals surface area contributed by atoms with Crippen LogP contribution in [0, 0.1) is 11.3 Å². The first-order valence-corrected chi connectivity index (χ1v) is 8.96. The van der Waals surface area contributed by atoms with Crippen LogP contribution in [0.3, 0.4) is 0 Å².